The third-order valence-corrected chi connectivity index (χ3v) is 2.98. The lowest BCUT2D eigenvalue weighted by atomic mass is 10.1. The first-order valence-electron chi connectivity index (χ1n) is 5.75. The van der Waals surface area contributed by atoms with Gasteiger partial charge in [-0.25, -0.2) is 0 Å². The zero-order chi connectivity index (χ0) is 13.8. The average molecular weight is 274 g/mol. The molecule has 2 aromatic rings. The lowest BCUT2D eigenvalue weighted by Crippen LogP contribution is -2.12. The molecular formula is C15H12ClNO2. The van der Waals surface area contributed by atoms with Gasteiger partial charge in [0.05, 0.1) is 10.6 Å². The predicted molar refractivity (Wildman–Crippen MR) is 75.9 cm³/mol. The number of benzene rings is 2. The average Bonchev–Trinajstić information content (AvgIpc) is 2.39. The van der Waals surface area contributed by atoms with Crippen LogP contribution in [0.4, 0.5) is 5.69 Å². The van der Waals surface area contributed by atoms with Gasteiger partial charge in [-0.3, -0.25) is 9.59 Å². The van der Waals surface area contributed by atoms with Gasteiger partial charge in [0.1, 0.15) is 0 Å². The fourth-order valence-electron chi connectivity index (χ4n) is 1.66. The van der Waals surface area contributed by atoms with Crippen LogP contribution in [0.5, 0.6) is 0 Å². The number of carbonyl (C=O) groups is 2. The second-order valence-corrected chi connectivity index (χ2v) is 4.48. The first-order valence-corrected chi connectivity index (χ1v) is 6.12. The van der Waals surface area contributed by atoms with Crippen LogP contribution in [0.15, 0.2) is 48.5 Å². The number of hydrogen-bond acceptors (Lipinski definition) is 2. The number of ketones is 1. The highest BCUT2D eigenvalue weighted by Crippen LogP contribution is 2.18. The molecule has 0 saturated carbocycles. The van der Waals surface area contributed by atoms with Crippen LogP contribution in [0, 0.1) is 0 Å². The van der Waals surface area contributed by atoms with Crippen molar-refractivity contribution < 1.29 is 9.59 Å². The summed E-state index contributed by atoms with van der Waals surface area (Å²) in [5, 5.41) is 3.11. The van der Waals surface area contributed by atoms with Gasteiger partial charge in [0.25, 0.3) is 5.91 Å². The molecule has 1 amide bonds. The molecule has 0 aliphatic rings. The predicted octanol–water partition coefficient (Wildman–Crippen LogP) is 3.79. The van der Waals surface area contributed by atoms with Gasteiger partial charge in [0, 0.05) is 11.3 Å². The van der Waals surface area contributed by atoms with Crippen molar-refractivity contribution >= 4 is 29.0 Å². The summed E-state index contributed by atoms with van der Waals surface area (Å²) in [5.74, 6) is -0.347. The molecule has 0 saturated heterocycles. The minimum Gasteiger partial charge on any atom is -0.322 e. The second-order valence-electron chi connectivity index (χ2n) is 4.07. The van der Waals surface area contributed by atoms with Crippen LogP contribution in [0.2, 0.25) is 5.02 Å². The summed E-state index contributed by atoms with van der Waals surface area (Å²) in [5.41, 5.74) is 1.52. The Morgan fingerprint density at radius 1 is 1.05 bits per heavy atom. The van der Waals surface area contributed by atoms with Gasteiger partial charge >= 0.3 is 0 Å². The molecular weight excluding hydrogens is 262 g/mol. The minimum absolute atomic E-state index is 0.0474. The van der Waals surface area contributed by atoms with Crippen LogP contribution in [-0.4, -0.2) is 11.7 Å². The van der Waals surface area contributed by atoms with Crippen molar-refractivity contribution in [2.75, 3.05) is 5.32 Å². The summed E-state index contributed by atoms with van der Waals surface area (Å²) in [6.45, 7) is 1.48. The SMILES string of the molecule is CC(=O)c1cccc(NC(=O)c2ccccc2Cl)c1. The quantitative estimate of drug-likeness (QED) is 0.865. The number of rotatable bonds is 3. The van der Waals surface area contributed by atoms with E-state index in [1.54, 1.807) is 48.5 Å². The molecule has 96 valence electrons. The summed E-state index contributed by atoms with van der Waals surface area (Å²) in [7, 11) is 0. The Morgan fingerprint density at radius 3 is 2.47 bits per heavy atom. The van der Waals surface area contributed by atoms with Gasteiger partial charge < -0.3 is 5.32 Å². The van der Waals surface area contributed by atoms with Crippen LogP contribution in [-0.2, 0) is 0 Å². The third kappa shape index (κ3) is 3.20. The zero-order valence-corrected chi connectivity index (χ0v) is 11.1. The maximum atomic E-state index is 12.0. The largest absolute Gasteiger partial charge is 0.322 e. The molecule has 0 bridgehead atoms. The highest BCUT2D eigenvalue weighted by Gasteiger charge is 2.10. The Balaban J connectivity index is 2.22. The Hall–Kier alpha value is -2.13. The van der Waals surface area contributed by atoms with Crippen molar-refractivity contribution in [3.63, 3.8) is 0 Å². The summed E-state index contributed by atoms with van der Waals surface area (Å²) in [4.78, 5) is 23.3. The molecule has 0 aliphatic heterocycles. The minimum atomic E-state index is -0.300. The molecule has 4 heteroatoms. The van der Waals surface area contributed by atoms with E-state index in [4.69, 9.17) is 11.6 Å². The molecule has 0 spiro atoms. The van der Waals surface area contributed by atoms with Gasteiger partial charge in [-0.15, -0.1) is 0 Å². The molecule has 0 heterocycles. The summed E-state index contributed by atoms with van der Waals surface area (Å²) in [6.07, 6.45) is 0. The van der Waals surface area contributed by atoms with Crippen LogP contribution < -0.4 is 5.32 Å². The molecule has 0 fully saturated rings. The number of hydrogen-bond donors (Lipinski definition) is 1. The topological polar surface area (TPSA) is 46.2 Å². The lowest BCUT2D eigenvalue weighted by molar-refractivity contribution is 0.101. The van der Waals surface area contributed by atoms with E-state index in [2.05, 4.69) is 5.32 Å². The zero-order valence-electron chi connectivity index (χ0n) is 10.3. The fourth-order valence-corrected chi connectivity index (χ4v) is 1.88. The molecule has 0 radical (unpaired) electrons. The molecule has 3 nitrogen and oxygen atoms in total. The molecule has 19 heavy (non-hydrogen) atoms. The van der Waals surface area contributed by atoms with Crippen molar-refractivity contribution in [3.8, 4) is 0 Å². The van der Waals surface area contributed by atoms with Crippen LogP contribution in [0.1, 0.15) is 27.6 Å². The first-order chi connectivity index (χ1) is 9.08. The van der Waals surface area contributed by atoms with Crippen molar-refractivity contribution in [2.24, 2.45) is 0 Å². The fraction of sp³-hybridized carbons (Fsp3) is 0.0667. The number of amides is 1. The maximum absolute atomic E-state index is 12.0. The maximum Gasteiger partial charge on any atom is 0.257 e. The summed E-state index contributed by atoms with van der Waals surface area (Å²) in [6, 6.07) is 13.6. The van der Waals surface area contributed by atoms with Crippen molar-refractivity contribution in [1.29, 1.82) is 0 Å². The monoisotopic (exact) mass is 273 g/mol. The highest BCUT2D eigenvalue weighted by molar-refractivity contribution is 6.34. The van der Waals surface area contributed by atoms with E-state index in [1.165, 1.54) is 6.92 Å². The Labute approximate surface area is 116 Å². The number of halogens is 1. The van der Waals surface area contributed by atoms with Gasteiger partial charge in [0.2, 0.25) is 0 Å². The van der Waals surface area contributed by atoms with Crippen LogP contribution in [0.25, 0.3) is 0 Å². The van der Waals surface area contributed by atoms with Crippen molar-refractivity contribution in [2.45, 2.75) is 6.92 Å². The van der Waals surface area contributed by atoms with Gasteiger partial charge in [-0.2, -0.15) is 0 Å². The smallest absolute Gasteiger partial charge is 0.257 e. The first kappa shape index (κ1) is 13.3. The summed E-state index contributed by atoms with van der Waals surface area (Å²) >= 11 is 5.95. The molecule has 0 atom stereocenters. The number of carbonyl (C=O) groups excluding carboxylic acids is 2. The normalized spacial score (nSPS) is 10.0. The number of Topliss-reactive ketones (excluding diaryl/α,β-unsaturated/α-hetero) is 1. The van der Waals surface area contributed by atoms with Gasteiger partial charge in [-0.1, -0.05) is 35.9 Å². The Kier molecular flexibility index (Phi) is 3.97. The Morgan fingerprint density at radius 2 is 1.79 bits per heavy atom. The molecule has 1 N–H and O–H groups in total. The number of anilines is 1. The van der Waals surface area contributed by atoms with Gasteiger partial charge in [0.15, 0.2) is 5.78 Å². The van der Waals surface area contributed by atoms with E-state index in [0.29, 0.717) is 21.8 Å². The van der Waals surface area contributed by atoms with Crippen molar-refractivity contribution in [1.82, 2.24) is 0 Å². The van der Waals surface area contributed by atoms with E-state index in [-0.39, 0.29) is 11.7 Å². The molecule has 0 unspecified atom stereocenters. The summed E-state index contributed by atoms with van der Waals surface area (Å²) < 4.78 is 0. The molecule has 2 rings (SSSR count). The molecule has 0 aromatic heterocycles. The second kappa shape index (κ2) is 5.67. The van der Waals surface area contributed by atoms with E-state index >= 15 is 0 Å². The van der Waals surface area contributed by atoms with Crippen molar-refractivity contribution in [3.05, 3.63) is 64.7 Å². The lowest BCUT2D eigenvalue weighted by Gasteiger charge is -2.07. The standard InChI is InChI=1S/C15H12ClNO2/c1-10(18)11-5-4-6-12(9-11)17-15(19)13-7-2-3-8-14(13)16/h2-9H,1H3,(H,17,19). The van der Waals surface area contributed by atoms with Crippen LogP contribution >= 0.6 is 11.6 Å². The number of nitrogens with one attached hydrogen (secondary N) is 1. The molecule has 0 aliphatic carbocycles. The van der Waals surface area contributed by atoms with E-state index in [9.17, 15) is 9.59 Å². The third-order valence-electron chi connectivity index (χ3n) is 2.65. The van der Waals surface area contributed by atoms with Crippen LogP contribution in [0.3, 0.4) is 0 Å². The van der Waals surface area contributed by atoms with E-state index in [0.717, 1.165) is 0 Å². The molecule has 2 aromatic carbocycles. The van der Waals surface area contributed by atoms with Gasteiger partial charge in [-0.05, 0) is 31.2 Å². The highest BCUT2D eigenvalue weighted by atomic mass is 35.5. The van der Waals surface area contributed by atoms with E-state index < -0.39 is 0 Å². The van der Waals surface area contributed by atoms with E-state index in [1.807, 2.05) is 0 Å². The Bertz CT molecular complexity index is 638.